The van der Waals surface area contributed by atoms with Crippen molar-refractivity contribution in [2.24, 2.45) is 0 Å². The van der Waals surface area contributed by atoms with E-state index < -0.39 is 0 Å². The van der Waals surface area contributed by atoms with Gasteiger partial charge >= 0.3 is 0 Å². The maximum Gasteiger partial charge on any atom is 0.237 e. The molecule has 0 fully saturated rings. The molecule has 2 aromatic rings. The first kappa shape index (κ1) is 11.0. The fourth-order valence-electron chi connectivity index (χ4n) is 1.34. The Bertz CT molecular complexity index is 550. The molecule has 17 heavy (non-hydrogen) atoms. The Labute approximate surface area is 100 Å². The molecule has 0 aromatic heterocycles. The van der Waals surface area contributed by atoms with E-state index in [9.17, 15) is 4.79 Å². The first-order chi connectivity index (χ1) is 8.36. The van der Waals surface area contributed by atoms with Crippen LogP contribution in [0.5, 0.6) is 0 Å². The van der Waals surface area contributed by atoms with E-state index in [0.717, 1.165) is 5.69 Å². The smallest absolute Gasteiger partial charge is 0.237 e. The zero-order valence-electron chi connectivity index (χ0n) is 9.18. The van der Waals surface area contributed by atoms with E-state index in [1.165, 1.54) is 0 Å². The Balaban J connectivity index is 2.01. The van der Waals surface area contributed by atoms with Gasteiger partial charge in [0.05, 0.1) is 0 Å². The van der Waals surface area contributed by atoms with Gasteiger partial charge in [0.15, 0.2) is 0 Å². The lowest BCUT2D eigenvalue weighted by molar-refractivity contribution is 0.105. The average molecular weight is 221 g/mol. The molecule has 82 valence electrons. The van der Waals surface area contributed by atoms with Crippen LogP contribution >= 0.6 is 0 Å². The number of Topliss-reactive ketones (excluding diaryl/α,β-unsaturated/α-hetero) is 1. The van der Waals surface area contributed by atoms with E-state index in [4.69, 9.17) is 0 Å². The summed E-state index contributed by atoms with van der Waals surface area (Å²) in [6.07, 6.45) is 0. The number of para-hydroxylation sites is 1. The minimum Gasteiger partial charge on any atom is -0.315 e. The van der Waals surface area contributed by atoms with Gasteiger partial charge in [-0.05, 0) is 12.1 Å². The minimum absolute atomic E-state index is 0.186. The quantitative estimate of drug-likeness (QED) is 0.480. The molecule has 1 N–H and O–H groups in total. The Hall–Kier alpha value is -2.53. The Morgan fingerprint density at radius 2 is 1.47 bits per heavy atom. The van der Waals surface area contributed by atoms with Crippen LogP contribution in [-0.2, 0) is 0 Å². The van der Waals surface area contributed by atoms with E-state index in [1.807, 2.05) is 48.5 Å². The summed E-state index contributed by atoms with van der Waals surface area (Å²) in [4.78, 5) is 11.6. The lowest BCUT2D eigenvalue weighted by Crippen LogP contribution is -1.96. The third kappa shape index (κ3) is 3.22. The molecule has 2 heteroatoms. The number of nitrogens with one attached hydrogen (secondary N) is 1. The SMILES string of the molecule is O=C(C#CNc1ccccc1)c1ccccc1. The number of carbonyl (C=O) groups is 1. The molecule has 2 nitrogen and oxygen atoms in total. The van der Waals surface area contributed by atoms with Crippen LogP contribution in [0.1, 0.15) is 10.4 Å². The molecule has 0 aliphatic rings. The molecule has 0 aliphatic carbocycles. The van der Waals surface area contributed by atoms with Crippen LogP contribution in [0.15, 0.2) is 60.7 Å². The highest BCUT2D eigenvalue weighted by molar-refractivity contribution is 6.09. The van der Waals surface area contributed by atoms with E-state index in [-0.39, 0.29) is 5.78 Å². The first-order valence-corrected chi connectivity index (χ1v) is 5.28. The predicted molar refractivity (Wildman–Crippen MR) is 68.6 cm³/mol. The number of ketones is 1. The fraction of sp³-hybridized carbons (Fsp3) is 0. The molecule has 0 spiro atoms. The minimum atomic E-state index is -0.186. The summed E-state index contributed by atoms with van der Waals surface area (Å²) in [6, 6.07) is 21.2. The van der Waals surface area contributed by atoms with E-state index in [1.54, 1.807) is 12.1 Å². The Morgan fingerprint density at radius 3 is 2.12 bits per heavy atom. The van der Waals surface area contributed by atoms with Gasteiger partial charge in [-0.25, -0.2) is 0 Å². The Morgan fingerprint density at radius 1 is 0.882 bits per heavy atom. The summed E-state index contributed by atoms with van der Waals surface area (Å²) in [5.74, 6) is 2.36. The van der Waals surface area contributed by atoms with Gasteiger partial charge in [-0.1, -0.05) is 48.5 Å². The van der Waals surface area contributed by atoms with Crippen molar-refractivity contribution < 1.29 is 4.79 Å². The zero-order chi connectivity index (χ0) is 11.9. The number of hydrogen-bond donors (Lipinski definition) is 1. The van der Waals surface area contributed by atoms with Gasteiger partial charge in [-0.3, -0.25) is 4.79 Å². The summed E-state index contributed by atoms with van der Waals surface area (Å²) in [7, 11) is 0. The highest BCUT2D eigenvalue weighted by Gasteiger charge is 1.98. The maximum atomic E-state index is 11.6. The lowest BCUT2D eigenvalue weighted by Gasteiger charge is -1.95. The molecule has 0 amide bonds. The number of carbonyl (C=O) groups excluding carboxylic acids is 1. The molecule has 0 heterocycles. The molecule has 0 aliphatic heterocycles. The van der Waals surface area contributed by atoms with E-state index >= 15 is 0 Å². The summed E-state index contributed by atoms with van der Waals surface area (Å²) < 4.78 is 0. The van der Waals surface area contributed by atoms with Crippen molar-refractivity contribution >= 4 is 11.5 Å². The van der Waals surface area contributed by atoms with Crippen LogP contribution in [-0.4, -0.2) is 5.78 Å². The van der Waals surface area contributed by atoms with Crippen molar-refractivity contribution in [2.45, 2.75) is 0 Å². The van der Waals surface area contributed by atoms with Gasteiger partial charge in [-0.15, -0.1) is 0 Å². The van der Waals surface area contributed by atoms with Gasteiger partial charge in [0.25, 0.3) is 0 Å². The van der Waals surface area contributed by atoms with Gasteiger partial charge in [0, 0.05) is 23.2 Å². The van der Waals surface area contributed by atoms with Crippen LogP contribution in [0.4, 0.5) is 5.69 Å². The molecule has 2 aromatic carbocycles. The van der Waals surface area contributed by atoms with Gasteiger partial charge in [0.2, 0.25) is 5.78 Å². The zero-order valence-corrected chi connectivity index (χ0v) is 9.18. The summed E-state index contributed by atoms with van der Waals surface area (Å²) in [5.41, 5.74) is 1.48. The number of anilines is 1. The molecule has 0 bridgehead atoms. The maximum absolute atomic E-state index is 11.6. The second kappa shape index (κ2) is 5.53. The molecule has 0 unspecified atom stereocenters. The number of rotatable bonds is 2. The number of hydrogen-bond acceptors (Lipinski definition) is 2. The normalized spacial score (nSPS) is 8.94. The monoisotopic (exact) mass is 221 g/mol. The van der Waals surface area contributed by atoms with Crippen LogP contribution in [0.25, 0.3) is 0 Å². The van der Waals surface area contributed by atoms with Gasteiger partial charge in [-0.2, -0.15) is 0 Å². The lowest BCUT2D eigenvalue weighted by atomic mass is 10.1. The van der Waals surface area contributed by atoms with Crippen molar-refractivity contribution in [1.29, 1.82) is 0 Å². The molecule has 0 saturated heterocycles. The second-order valence-corrected chi connectivity index (χ2v) is 3.44. The van der Waals surface area contributed by atoms with Crippen LogP contribution in [0.3, 0.4) is 0 Å². The molecule has 0 atom stereocenters. The first-order valence-electron chi connectivity index (χ1n) is 5.28. The van der Waals surface area contributed by atoms with Crippen LogP contribution in [0, 0.1) is 12.0 Å². The third-order valence-corrected chi connectivity index (χ3v) is 2.19. The summed E-state index contributed by atoms with van der Waals surface area (Å²) >= 11 is 0. The molecular weight excluding hydrogens is 210 g/mol. The third-order valence-electron chi connectivity index (χ3n) is 2.19. The van der Waals surface area contributed by atoms with Crippen molar-refractivity contribution in [3.05, 3.63) is 66.2 Å². The number of benzene rings is 2. The highest BCUT2D eigenvalue weighted by atomic mass is 16.1. The summed E-state index contributed by atoms with van der Waals surface area (Å²) in [6.45, 7) is 0. The predicted octanol–water partition coefficient (Wildman–Crippen LogP) is 2.94. The molecule has 0 saturated carbocycles. The topological polar surface area (TPSA) is 29.1 Å². The van der Waals surface area contributed by atoms with Crippen molar-refractivity contribution in [3.63, 3.8) is 0 Å². The standard InChI is InChI=1S/C15H11NO/c17-15(13-7-3-1-4-8-13)11-12-16-14-9-5-2-6-10-14/h1-10,16H. The second-order valence-electron chi connectivity index (χ2n) is 3.44. The molecular formula is C15H11NO. The Kier molecular flexibility index (Phi) is 3.57. The largest absolute Gasteiger partial charge is 0.315 e. The average Bonchev–Trinajstić information content (AvgIpc) is 2.41. The van der Waals surface area contributed by atoms with Crippen molar-refractivity contribution in [1.82, 2.24) is 0 Å². The van der Waals surface area contributed by atoms with Crippen molar-refractivity contribution in [3.8, 4) is 12.0 Å². The van der Waals surface area contributed by atoms with Gasteiger partial charge < -0.3 is 5.32 Å². The van der Waals surface area contributed by atoms with Gasteiger partial charge in [0.1, 0.15) is 0 Å². The van der Waals surface area contributed by atoms with Crippen molar-refractivity contribution in [2.75, 3.05) is 5.32 Å². The highest BCUT2D eigenvalue weighted by Crippen LogP contribution is 2.03. The fourth-order valence-corrected chi connectivity index (χ4v) is 1.34. The molecule has 0 radical (unpaired) electrons. The van der Waals surface area contributed by atoms with E-state index in [2.05, 4.69) is 17.3 Å². The van der Waals surface area contributed by atoms with Crippen LogP contribution in [0.2, 0.25) is 0 Å². The van der Waals surface area contributed by atoms with Crippen LogP contribution < -0.4 is 5.32 Å². The molecule has 2 rings (SSSR count). The van der Waals surface area contributed by atoms with E-state index in [0.29, 0.717) is 5.56 Å². The summed E-state index contributed by atoms with van der Waals surface area (Å²) in [5, 5.41) is 2.86.